The van der Waals surface area contributed by atoms with Crippen LogP contribution in [0.3, 0.4) is 0 Å². The van der Waals surface area contributed by atoms with E-state index in [0.717, 1.165) is 5.56 Å². The second-order valence-corrected chi connectivity index (χ2v) is 7.45. The van der Waals surface area contributed by atoms with E-state index in [1.165, 1.54) is 0 Å². The quantitative estimate of drug-likeness (QED) is 0.358. The fraction of sp³-hybridized carbons (Fsp3) is 0.562. The van der Waals surface area contributed by atoms with Crippen LogP contribution in [0.15, 0.2) is 28.1 Å². The average Bonchev–Trinajstić information content (AvgIpc) is 2.52. The Bertz CT molecular complexity index is 719. The summed E-state index contributed by atoms with van der Waals surface area (Å²) in [6.07, 6.45) is -5.27. The molecular formula is C16H25F3N4O2S. The van der Waals surface area contributed by atoms with Gasteiger partial charge in [0, 0.05) is 19.6 Å². The fourth-order valence-corrected chi connectivity index (χ4v) is 3.44. The highest BCUT2D eigenvalue weighted by Gasteiger charge is 2.26. The Kier molecular flexibility index (Phi) is 8.35. The van der Waals surface area contributed by atoms with E-state index in [1.807, 2.05) is 6.07 Å². The summed E-state index contributed by atoms with van der Waals surface area (Å²) in [6, 6.07) is 5.16. The molecule has 0 atom stereocenters. The predicted octanol–water partition coefficient (Wildman–Crippen LogP) is 2.09. The van der Waals surface area contributed by atoms with Crippen molar-refractivity contribution in [2.24, 2.45) is 4.99 Å². The van der Waals surface area contributed by atoms with Gasteiger partial charge in [-0.15, -0.1) is 0 Å². The van der Waals surface area contributed by atoms with Crippen molar-refractivity contribution in [3.05, 3.63) is 29.3 Å². The molecule has 1 rings (SSSR count). The molecule has 10 heteroatoms. The maximum Gasteiger partial charge on any atom is 0.390 e. The first-order chi connectivity index (χ1) is 12.0. The zero-order valence-corrected chi connectivity index (χ0v) is 15.9. The third-order valence-electron chi connectivity index (χ3n) is 3.35. The van der Waals surface area contributed by atoms with Crippen LogP contribution in [0.25, 0.3) is 0 Å². The molecule has 0 saturated carbocycles. The van der Waals surface area contributed by atoms with Gasteiger partial charge in [0.1, 0.15) is 0 Å². The molecule has 6 nitrogen and oxygen atoms in total. The molecule has 0 spiro atoms. The summed E-state index contributed by atoms with van der Waals surface area (Å²) in [7, 11) is -3.66. The van der Waals surface area contributed by atoms with Gasteiger partial charge in [0.2, 0.25) is 10.0 Å². The van der Waals surface area contributed by atoms with Gasteiger partial charge in [0.15, 0.2) is 5.96 Å². The molecule has 0 aliphatic rings. The predicted molar refractivity (Wildman–Crippen MR) is 95.8 cm³/mol. The number of aryl methyl sites for hydroxylation is 2. The normalized spacial score (nSPS) is 12.9. The highest BCUT2D eigenvalue weighted by molar-refractivity contribution is 7.89. The van der Waals surface area contributed by atoms with Crippen molar-refractivity contribution in [1.29, 1.82) is 0 Å². The van der Waals surface area contributed by atoms with Gasteiger partial charge in [-0.25, -0.2) is 13.1 Å². The number of sulfonamides is 1. The van der Waals surface area contributed by atoms with E-state index in [2.05, 4.69) is 20.3 Å². The molecule has 0 fully saturated rings. The molecule has 0 amide bonds. The standard InChI is InChI=1S/C16H25F3N4O2S/c1-4-20-15(21-8-7-16(17,18)19)22-9-10-23-26(24,25)14-11-12(2)5-6-13(14)3/h5-6,11,23H,4,7-10H2,1-3H3,(H2,20,21,22). The number of benzene rings is 1. The number of aliphatic imine (C=N–C) groups is 1. The first kappa shape index (κ1) is 22.2. The largest absolute Gasteiger partial charge is 0.390 e. The van der Waals surface area contributed by atoms with Crippen LogP contribution in [0.1, 0.15) is 24.5 Å². The Morgan fingerprint density at radius 2 is 1.85 bits per heavy atom. The van der Waals surface area contributed by atoms with Gasteiger partial charge in [-0.2, -0.15) is 13.2 Å². The van der Waals surface area contributed by atoms with Gasteiger partial charge in [-0.3, -0.25) is 4.99 Å². The third kappa shape index (κ3) is 8.05. The number of guanidine groups is 1. The lowest BCUT2D eigenvalue weighted by Crippen LogP contribution is -2.41. The highest BCUT2D eigenvalue weighted by atomic mass is 32.2. The summed E-state index contributed by atoms with van der Waals surface area (Å²) in [5.74, 6) is 0.211. The summed E-state index contributed by atoms with van der Waals surface area (Å²) < 4.78 is 63.7. The molecule has 0 radical (unpaired) electrons. The number of nitrogens with one attached hydrogen (secondary N) is 3. The number of nitrogens with zero attached hydrogens (tertiary/aromatic N) is 1. The van der Waals surface area contributed by atoms with Crippen LogP contribution in [-0.4, -0.2) is 46.7 Å². The van der Waals surface area contributed by atoms with Gasteiger partial charge in [0.05, 0.1) is 17.9 Å². The molecule has 0 heterocycles. The molecule has 0 saturated heterocycles. The van der Waals surface area contributed by atoms with Crippen LogP contribution >= 0.6 is 0 Å². The first-order valence-corrected chi connectivity index (χ1v) is 9.69. The van der Waals surface area contributed by atoms with Crippen molar-refractivity contribution in [2.75, 3.05) is 26.2 Å². The SMILES string of the molecule is CCNC(=NCCC(F)(F)F)NCCNS(=O)(=O)c1cc(C)ccc1C. The van der Waals surface area contributed by atoms with Crippen LogP contribution in [0.2, 0.25) is 0 Å². The zero-order valence-electron chi connectivity index (χ0n) is 15.1. The van der Waals surface area contributed by atoms with Gasteiger partial charge >= 0.3 is 6.18 Å². The fourth-order valence-electron chi connectivity index (χ4n) is 2.08. The summed E-state index contributed by atoms with van der Waals surface area (Å²) >= 11 is 0. The molecule has 0 aliphatic carbocycles. The molecular weight excluding hydrogens is 369 g/mol. The Morgan fingerprint density at radius 3 is 2.46 bits per heavy atom. The lowest BCUT2D eigenvalue weighted by molar-refractivity contribution is -0.132. The number of rotatable bonds is 8. The van der Waals surface area contributed by atoms with E-state index >= 15 is 0 Å². The molecule has 0 bridgehead atoms. The first-order valence-electron chi connectivity index (χ1n) is 8.21. The van der Waals surface area contributed by atoms with E-state index in [-0.39, 0.29) is 23.9 Å². The number of hydrogen-bond donors (Lipinski definition) is 3. The Hall–Kier alpha value is -1.81. The second-order valence-electron chi connectivity index (χ2n) is 5.72. The van der Waals surface area contributed by atoms with Crippen LogP contribution in [0.5, 0.6) is 0 Å². The maximum absolute atomic E-state index is 12.3. The number of hydrogen-bond acceptors (Lipinski definition) is 3. The lowest BCUT2D eigenvalue weighted by Gasteiger charge is -2.13. The van der Waals surface area contributed by atoms with Crippen molar-refractivity contribution in [3.8, 4) is 0 Å². The Labute approximate surface area is 152 Å². The summed E-state index contributed by atoms with van der Waals surface area (Å²) in [5.41, 5.74) is 1.47. The summed E-state index contributed by atoms with van der Waals surface area (Å²) in [6.45, 7) is 5.63. The van der Waals surface area contributed by atoms with Crippen molar-refractivity contribution in [2.45, 2.75) is 38.3 Å². The summed E-state index contributed by atoms with van der Waals surface area (Å²) in [5, 5.41) is 5.61. The minimum Gasteiger partial charge on any atom is -0.357 e. The lowest BCUT2D eigenvalue weighted by atomic mass is 10.2. The van der Waals surface area contributed by atoms with E-state index in [9.17, 15) is 21.6 Å². The topological polar surface area (TPSA) is 82.6 Å². The zero-order chi connectivity index (χ0) is 19.8. The monoisotopic (exact) mass is 394 g/mol. The molecule has 0 aliphatic heterocycles. The Balaban J connectivity index is 2.57. The molecule has 1 aromatic carbocycles. The van der Waals surface area contributed by atoms with Crippen LogP contribution in [0, 0.1) is 13.8 Å². The average molecular weight is 394 g/mol. The Morgan fingerprint density at radius 1 is 1.15 bits per heavy atom. The van der Waals surface area contributed by atoms with Crippen molar-refractivity contribution in [3.63, 3.8) is 0 Å². The van der Waals surface area contributed by atoms with Gasteiger partial charge in [-0.1, -0.05) is 12.1 Å². The van der Waals surface area contributed by atoms with E-state index in [1.54, 1.807) is 32.9 Å². The van der Waals surface area contributed by atoms with Crippen molar-refractivity contribution in [1.82, 2.24) is 15.4 Å². The van der Waals surface area contributed by atoms with Gasteiger partial charge in [0.25, 0.3) is 0 Å². The minimum atomic E-state index is -4.26. The molecule has 1 aromatic rings. The molecule has 3 N–H and O–H groups in total. The summed E-state index contributed by atoms with van der Waals surface area (Å²) in [4.78, 5) is 4.03. The van der Waals surface area contributed by atoms with Crippen LogP contribution in [0.4, 0.5) is 13.2 Å². The number of alkyl halides is 3. The second kappa shape index (κ2) is 9.77. The van der Waals surface area contributed by atoms with Crippen molar-refractivity contribution >= 4 is 16.0 Å². The van der Waals surface area contributed by atoms with Crippen LogP contribution < -0.4 is 15.4 Å². The third-order valence-corrected chi connectivity index (χ3v) is 4.96. The van der Waals surface area contributed by atoms with Crippen LogP contribution in [-0.2, 0) is 10.0 Å². The van der Waals surface area contributed by atoms with E-state index in [0.29, 0.717) is 12.1 Å². The smallest absolute Gasteiger partial charge is 0.357 e. The molecule has 26 heavy (non-hydrogen) atoms. The van der Waals surface area contributed by atoms with Gasteiger partial charge < -0.3 is 10.6 Å². The minimum absolute atomic E-state index is 0.0688. The molecule has 0 unspecified atom stereocenters. The van der Waals surface area contributed by atoms with E-state index in [4.69, 9.17) is 0 Å². The molecule has 0 aromatic heterocycles. The maximum atomic E-state index is 12.3. The molecule has 148 valence electrons. The van der Waals surface area contributed by atoms with Crippen molar-refractivity contribution < 1.29 is 21.6 Å². The number of halogens is 3. The van der Waals surface area contributed by atoms with Gasteiger partial charge in [-0.05, 0) is 38.0 Å². The van der Waals surface area contributed by atoms with E-state index < -0.39 is 29.2 Å². The highest BCUT2D eigenvalue weighted by Crippen LogP contribution is 2.19.